The third-order valence-electron chi connectivity index (χ3n) is 2.90. The summed E-state index contributed by atoms with van der Waals surface area (Å²) < 4.78 is 9.99. The Kier molecular flexibility index (Phi) is 7.75. The lowest BCUT2D eigenvalue weighted by atomic mass is 10.1. The molecule has 0 aliphatic heterocycles. The van der Waals surface area contributed by atoms with Crippen LogP contribution in [0.3, 0.4) is 0 Å². The summed E-state index contributed by atoms with van der Waals surface area (Å²) in [6.07, 6.45) is -0.356. The van der Waals surface area contributed by atoms with Crippen molar-refractivity contribution < 1.29 is 19.1 Å². The summed E-state index contributed by atoms with van der Waals surface area (Å²) in [6, 6.07) is 16.2. The van der Waals surface area contributed by atoms with Gasteiger partial charge in [-0.2, -0.15) is 0 Å². The molecule has 130 valence electrons. The van der Waals surface area contributed by atoms with Crippen molar-refractivity contribution in [3.8, 4) is 0 Å². The number of carbonyl (C=O) groups is 2. The summed E-state index contributed by atoms with van der Waals surface area (Å²) in [5, 5.41) is 2.57. The maximum absolute atomic E-state index is 12.0. The molecule has 0 aromatic heterocycles. The molecule has 24 heavy (non-hydrogen) atoms. The van der Waals surface area contributed by atoms with Crippen molar-refractivity contribution in [3.63, 3.8) is 0 Å². The van der Waals surface area contributed by atoms with Crippen LogP contribution in [-0.4, -0.2) is 30.8 Å². The summed E-state index contributed by atoms with van der Waals surface area (Å²) >= 11 is 0. The van der Waals surface area contributed by atoms with Gasteiger partial charge in [0.05, 0.1) is 7.11 Å². The summed E-state index contributed by atoms with van der Waals surface area (Å²) in [6.45, 7) is 5.28. The van der Waals surface area contributed by atoms with Gasteiger partial charge in [-0.05, 0) is 26.3 Å². The summed E-state index contributed by atoms with van der Waals surface area (Å²) in [5.41, 5.74) is 0.234. The average Bonchev–Trinajstić information content (AvgIpc) is 2.50. The molecule has 0 saturated carbocycles. The predicted molar refractivity (Wildman–Crippen MR) is 92.9 cm³/mol. The minimum absolute atomic E-state index is 0.296. The lowest BCUT2D eigenvalue weighted by molar-refractivity contribution is -0.143. The van der Waals surface area contributed by atoms with Gasteiger partial charge >= 0.3 is 12.1 Å². The van der Waals surface area contributed by atoms with E-state index in [0.717, 1.165) is 5.56 Å². The molecule has 0 spiro atoms. The Morgan fingerprint density at radius 1 is 1.00 bits per heavy atom. The van der Waals surface area contributed by atoms with Crippen LogP contribution in [0.2, 0.25) is 0 Å². The Hall–Kier alpha value is -2.56. The molecule has 1 aromatic rings. The molecule has 5 heteroatoms. The largest absolute Gasteiger partial charge is 0.467 e. The smallest absolute Gasteiger partial charge is 0.408 e. The number of rotatable bonds is 4. The Bertz CT molecular complexity index is 581. The maximum atomic E-state index is 12.0. The zero-order valence-corrected chi connectivity index (χ0v) is 14.6. The minimum Gasteiger partial charge on any atom is -0.467 e. The molecule has 0 aliphatic rings. The van der Waals surface area contributed by atoms with Crippen molar-refractivity contribution in [1.29, 1.82) is 0 Å². The van der Waals surface area contributed by atoms with Crippen LogP contribution in [0.1, 0.15) is 26.3 Å². The number of carbonyl (C=O) groups excluding carboxylic acids is 2. The summed E-state index contributed by atoms with van der Waals surface area (Å²) in [7, 11) is 1.29. The van der Waals surface area contributed by atoms with Crippen LogP contribution in [0.15, 0.2) is 54.6 Å². The van der Waals surface area contributed by atoms with Gasteiger partial charge in [-0.25, -0.2) is 9.59 Å². The number of methoxy groups -OCH3 is 1. The number of alkyl carbamates (subject to hydrolysis) is 1. The van der Waals surface area contributed by atoms with Crippen LogP contribution in [0.25, 0.3) is 0 Å². The van der Waals surface area contributed by atoms with E-state index >= 15 is 0 Å². The monoisotopic (exact) mass is 331 g/mol. The van der Waals surface area contributed by atoms with Crippen molar-refractivity contribution in [2.75, 3.05) is 7.11 Å². The molecule has 0 radical (unpaired) electrons. The van der Waals surface area contributed by atoms with E-state index in [1.54, 1.807) is 20.8 Å². The molecule has 0 aliphatic carbocycles. The quantitative estimate of drug-likeness (QED) is 0.859. The number of esters is 1. The highest BCUT2D eigenvalue weighted by atomic mass is 16.6. The van der Waals surface area contributed by atoms with Crippen LogP contribution in [0, 0.1) is 0 Å². The molecule has 1 aromatic carbocycles. The van der Waals surface area contributed by atoms with Crippen molar-refractivity contribution in [3.05, 3.63) is 60.2 Å². The van der Waals surface area contributed by atoms with Gasteiger partial charge in [-0.1, -0.05) is 54.6 Å². The van der Waals surface area contributed by atoms with Crippen LogP contribution in [-0.2, 0) is 20.7 Å². The van der Waals surface area contributed by atoms with E-state index in [1.165, 1.54) is 7.11 Å². The first-order valence-corrected chi connectivity index (χ1v) is 7.76. The zero-order chi connectivity index (χ0) is 18.0. The molecule has 5 nitrogen and oxygen atoms in total. The van der Waals surface area contributed by atoms with E-state index < -0.39 is 23.7 Å². The highest BCUT2D eigenvalue weighted by molar-refractivity contribution is 5.81. The number of amides is 1. The van der Waals surface area contributed by atoms with Crippen LogP contribution < -0.4 is 5.32 Å². The fourth-order valence-corrected chi connectivity index (χ4v) is 1.89. The highest BCUT2D eigenvalue weighted by Crippen LogP contribution is 2.08. The van der Waals surface area contributed by atoms with E-state index in [-0.39, 0.29) is 0 Å². The summed E-state index contributed by atoms with van der Waals surface area (Å²) in [4.78, 5) is 23.9. The number of ether oxygens (including phenoxy) is 2. The molecule has 0 bridgehead atoms. The molecule has 1 unspecified atom stereocenters. The lowest BCUT2D eigenvalue weighted by Crippen LogP contribution is -2.45. The van der Waals surface area contributed by atoms with Crippen molar-refractivity contribution >= 4 is 12.1 Å². The van der Waals surface area contributed by atoms with E-state index in [9.17, 15) is 9.59 Å². The maximum Gasteiger partial charge on any atom is 0.408 e. The number of hydrogen-bond donors (Lipinski definition) is 1. The second kappa shape index (κ2) is 9.55. The van der Waals surface area contributed by atoms with E-state index in [0.29, 0.717) is 6.42 Å². The molecule has 1 N–H and O–H groups in total. The van der Waals surface area contributed by atoms with Crippen molar-refractivity contribution in [2.45, 2.75) is 38.8 Å². The van der Waals surface area contributed by atoms with E-state index in [2.05, 4.69) is 5.32 Å². The van der Waals surface area contributed by atoms with E-state index in [1.807, 2.05) is 54.6 Å². The van der Waals surface area contributed by atoms with Gasteiger partial charge in [0.25, 0.3) is 0 Å². The molecule has 0 saturated heterocycles. The Labute approximate surface area is 143 Å². The SMILES string of the molecule is COC(=O)C(Cc1ccccccccc1)NC(=O)OC(C)(C)C. The normalized spacial score (nSPS) is 11.7. The van der Waals surface area contributed by atoms with Gasteiger partial charge in [0, 0.05) is 6.42 Å². The Morgan fingerprint density at radius 3 is 1.96 bits per heavy atom. The summed E-state index contributed by atoms with van der Waals surface area (Å²) in [5.74, 6) is -0.522. The lowest BCUT2D eigenvalue weighted by Gasteiger charge is -2.22. The first kappa shape index (κ1) is 19.5. The van der Waals surface area contributed by atoms with Gasteiger partial charge < -0.3 is 14.8 Å². The third kappa shape index (κ3) is 8.17. The molecule has 1 atom stereocenters. The van der Waals surface area contributed by atoms with Crippen molar-refractivity contribution in [2.24, 2.45) is 0 Å². The zero-order valence-electron chi connectivity index (χ0n) is 14.6. The molecule has 1 amide bonds. The fraction of sp³-hybridized carbons (Fsp3) is 0.368. The fourth-order valence-electron chi connectivity index (χ4n) is 1.89. The van der Waals surface area contributed by atoms with Gasteiger partial charge in [0.2, 0.25) is 0 Å². The molecule has 1 rings (SSSR count). The second-order valence-corrected chi connectivity index (χ2v) is 6.18. The van der Waals surface area contributed by atoms with Gasteiger partial charge in [0.1, 0.15) is 11.6 Å². The molecule has 0 fully saturated rings. The Balaban J connectivity index is 2.94. The Morgan fingerprint density at radius 2 is 1.50 bits per heavy atom. The van der Waals surface area contributed by atoms with Gasteiger partial charge in [-0.3, -0.25) is 0 Å². The van der Waals surface area contributed by atoms with E-state index in [4.69, 9.17) is 9.47 Å². The number of hydrogen-bond acceptors (Lipinski definition) is 4. The van der Waals surface area contributed by atoms with Crippen molar-refractivity contribution in [1.82, 2.24) is 5.32 Å². The van der Waals surface area contributed by atoms with Gasteiger partial charge in [0.15, 0.2) is 0 Å². The first-order valence-electron chi connectivity index (χ1n) is 7.76. The molecule has 0 heterocycles. The topological polar surface area (TPSA) is 64.6 Å². The average molecular weight is 331 g/mol. The molecular formula is C19H25NO4. The highest BCUT2D eigenvalue weighted by Gasteiger charge is 2.25. The third-order valence-corrected chi connectivity index (χ3v) is 2.90. The molecular weight excluding hydrogens is 306 g/mol. The predicted octanol–water partition coefficient (Wildman–Crippen LogP) is 3.42. The van der Waals surface area contributed by atoms with Crippen LogP contribution in [0.5, 0.6) is 0 Å². The van der Waals surface area contributed by atoms with Gasteiger partial charge in [-0.15, -0.1) is 0 Å². The second-order valence-electron chi connectivity index (χ2n) is 6.18. The first-order chi connectivity index (χ1) is 11.3. The standard InChI is InChI=1S/C19H25NO4/c1-19(2,3)24-18(22)20-16(17(21)23-4)14-15-12-10-8-6-5-7-9-11-13-15/h5-13,16H,14H2,1-4H3,(H,20,22). The van der Waals surface area contributed by atoms with Crippen LogP contribution in [0.4, 0.5) is 4.79 Å². The van der Waals surface area contributed by atoms with Crippen LogP contribution >= 0.6 is 0 Å². The minimum atomic E-state index is -0.823. The number of nitrogens with one attached hydrogen (secondary N) is 1.